The third kappa shape index (κ3) is 3.92. The smallest absolute Gasteiger partial charge is 0.374 e. The molecule has 24 heavy (non-hydrogen) atoms. The van der Waals surface area contributed by atoms with Gasteiger partial charge in [0.25, 0.3) is 0 Å². The van der Waals surface area contributed by atoms with Crippen LogP contribution in [-0.2, 0) is 22.7 Å². The lowest BCUT2D eigenvalue weighted by molar-refractivity contribution is 0.0436. The first kappa shape index (κ1) is 15.6. The highest BCUT2D eigenvalue weighted by molar-refractivity contribution is 5.86. The Labute approximate surface area is 137 Å². The first-order valence-corrected chi connectivity index (χ1v) is 7.21. The minimum absolute atomic E-state index is 0.0967. The Hall–Kier alpha value is -3.28. The number of rotatable bonds is 6. The van der Waals surface area contributed by atoms with Crippen LogP contribution >= 0.6 is 0 Å². The van der Waals surface area contributed by atoms with E-state index in [1.807, 2.05) is 12.1 Å². The average molecular weight is 326 g/mol. The molecule has 6 nitrogen and oxygen atoms in total. The Morgan fingerprint density at radius 3 is 1.67 bits per heavy atom. The van der Waals surface area contributed by atoms with Gasteiger partial charge in [0.1, 0.15) is 13.2 Å². The fourth-order valence-corrected chi connectivity index (χ4v) is 2.04. The van der Waals surface area contributed by atoms with Crippen molar-refractivity contribution in [2.24, 2.45) is 0 Å². The molecule has 0 atom stereocenters. The van der Waals surface area contributed by atoms with Crippen molar-refractivity contribution in [3.05, 3.63) is 83.7 Å². The molecule has 0 aliphatic carbocycles. The van der Waals surface area contributed by atoms with Crippen LogP contribution in [-0.4, -0.2) is 11.9 Å². The number of hydrogen-bond acceptors (Lipinski definition) is 6. The van der Waals surface area contributed by atoms with Crippen molar-refractivity contribution in [2.45, 2.75) is 13.2 Å². The second kappa shape index (κ2) is 7.32. The summed E-state index contributed by atoms with van der Waals surface area (Å²) in [5, 5.41) is 0. The van der Waals surface area contributed by atoms with E-state index in [1.54, 1.807) is 24.3 Å². The maximum atomic E-state index is 11.7. The fourth-order valence-electron chi connectivity index (χ4n) is 2.04. The third-order valence-corrected chi connectivity index (χ3v) is 3.18. The number of carbonyl (C=O) groups is 2. The maximum absolute atomic E-state index is 11.7. The highest BCUT2D eigenvalue weighted by Gasteiger charge is 2.11. The van der Waals surface area contributed by atoms with Gasteiger partial charge in [0.15, 0.2) is 0 Å². The van der Waals surface area contributed by atoms with Crippen molar-refractivity contribution in [3.63, 3.8) is 0 Å². The van der Waals surface area contributed by atoms with Crippen molar-refractivity contribution < 1.29 is 27.9 Å². The van der Waals surface area contributed by atoms with Crippen molar-refractivity contribution >= 4 is 11.9 Å². The summed E-state index contributed by atoms with van der Waals surface area (Å²) in [6, 6.07) is 13.5. The van der Waals surface area contributed by atoms with Gasteiger partial charge in [-0.1, -0.05) is 18.2 Å². The molecular weight excluding hydrogens is 312 g/mol. The summed E-state index contributed by atoms with van der Waals surface area (Å²) in [7, 11) is 0. The lowest BCUT2D eigenvalue weighted by Crippen LogP contribution is -2.06. The minimum atomic E-state index is -0.533. The second-order valence-electron chi connectivity index (χ2n) is 4.93. The van der Waals surface area contributed by atoms with E-state index < -0.39 is 11.9 Å². The number of carbonyl (C=O) groups excluding carboxylic acids is 2. The molecule has 6 heteroatoms. The van der Waals surface area contributed by atoms with E-state index >= 15 is 0 Å². The number of hydrogen-bond donors (Lipinski definition) is 0. The van der Waals surface area contributed by atoms with Gasteiger partial charge in [0.2, 0.25) is 11.5 Å². The van der Waals surface area contributed by atoms with Gasteiger partial charge in [0.05, 0.1) is 12.5 Å². The standard InChI is InChI=1S/C18H14O6/c19-17(15-6-2-8-21-15)23-11-13-4-1-5-14(10-13)12-24-18(20)16-7-3-9-22-16/h1-10H,11-12H2. The monoisotopic (exact) mass is 326 g/mol. The van der Waals surface area contributed by atoms with Gasteiger partial charge < -0.3 is 18.3 Å². The first-order chi connectivity index (χ1) is 11.7. The van der Waals surface area contributed by atoms with E-state index in [9.17, 15) is 9.59 Å². The quantitative estimate of drug-likeness (QED) is 0.644. The van der Waals surface area contributed by atoms with Crippen LogP contribution in [0.4, 0.5) is 0 Å². The first-order valence-electron chi connectivity index (χ1n) is 7.21. The molecule has 0 saturated heterocycles. The molecule has 0 aliphatic heterocycles. The largest absolute Gasteiger partial charge is 0.457 e. The average Bonchev–Trinajstić information content (AvgIpc) is 3.31. The van der Waals surface area contributed by atoms with Gasteiger partial charge in [-0.2, -0.15) is 0 Å². The van der Waals surface area contributed by atoms with E-state index in [0.717, 1.165) is 11.1 Å². The highest BCUT2D eigenvalue weighted by atomic mass is 16.5. The Kier molecular flexibility index (Phi) is 4.76. The van der Waals surface area contributed by atoms with Crippen LogP contribution in [0.2, 0.25) is 0 Å². The van der Waals surface area contributed by atoms with Gasteiger partial charge >= 0.3 is 11.9 Å². The van der Waals surface area contributed by atoms with E-state index in [2.05, 4.69) is 0 Å². The molecular formula is C18H14O6. The SMILES string of the molecule is O=C(OCc1cccc(COC(=O)c2ccco2)c1)c1ccco1. The molecule has 0 aliphatic rings. The number of esters is 2. The van der Waals surface area contributed by atoms with Crippen LogP contribution in [0.3, 0.4) is 0 Å². The molecule has 122 valence electrons. The van der Waals surface area contributed by atoms with Crippen LogP contribution < -0.4 is 0 Å². The molecule has 1 aromatic carbocycles. The summed E-state index contributed by atoms with van der Waals surface area (Å²) in [5.41, 5.74) is 1.56. The normalized spacial score (nSPS) is 10.3. The topological polar surface area (TPSA) is 78.9 Å². The molecule has 3 aromatic rings. The number of ether oxygens (including phenoxy) is 2. The minimum Gasteiger partial charge on any atom is -0.457 e. The summed E-state index contributed by atoms with van der Waals surface area (Å²) >= 11 is 0. The highest BCUT2D eigenvalue weighted by Crippen LogP contribution is 2.11. The zero-order chi connectivity index (χ0) is 16.8. The molecule has 0 bridgehead atoms. The predicted octanol–water partition coefficient (Wildman–Crippen LogP) is 3.59. The van der Waals surface area contributed by atoms with E-state index in [-0.39, 0.29) is 24.7 Å². The van der Waals surface area contributed by atoms with Crippen molar-refractivity contribution in [2.75, 3.05) is 0 Å². The van der Waals surface area contributed by atoms with Gasteiger partial charge in [-0.3, -0.25) is 0 Å². The molecule has 0 saturated carbocycles. The lowest BCUT2D eigenvalue weighted by atomic mass is 10.1. The van der Waals surface area contributed by atoms with Gasteiger partial charge in [-0.05, 0) is 41.5 Å². The van der Waals surface area contributed by atoms with Crippen molar-refractivity contribution in [3.8, 4) is 0 Å². The third-order valence-electron chi connectivity index (χ3n) is 3.18. The predicted molar refractivity (Wildman–Crippen MR) is 82.1 cm³/mol. The van der Waals surface area contributed by atoms with Gasteiger partial charge in [-0.15, -0.1) is 0 Å². The summed E-state index contributed by atoms with van der Waals surface area (Å²) in [6.07, 6.45) is 2.81. The second-order valence-corrected chi connectivity index (χ2v) is 4.93. The molecule has 0 N–H and O–H groups in total. The maximum Gasteiger partial charge on any atom is 0.374 e. The molecule has 0 spiro atoms. The Bertz CT molecular complexity index is 736. The zero-order valence-corrected chi connectivity index (χ0v) is 12.6. The summed E-state index contributed by atoms with van der Waals surface area (Å²) < 4.78 is 20.2. The molecule has 0 unspecified atom stereocenters. The van der Waals surface area contributed by atoms with Gasteiger partial charge in [-0.25, -0.2) is 9.59 Å². The van der Waals surface area contributed by atoms with Gasteiger partial charge in [0, 0.05) is 0 Å². The Balaban J connectivity index is 1.54. The molecule has 0 fully saturated rings. The van der Waals surface area contributed by atoms with Crippen molar-refractivity contribution in [1.82, 2.24) is 0 Å². The summed E-state index contributed by atoms with van der Waals surface area (Å²) in [4.78, 5) is 23.4. The van der Waals surface area contributed by atoms with Crippen LogP contribution in [0.15, 0.2) is 69.9 Å². The molecule has 3 rings (SSSR count). The lowest BCUT2D eigenvalue weighted by Gasteiger charge is -2.07. The molecule has 0 radical (unpaired) electrons. The number of furan rings is 2. The van der Waals surface area contributed by atoms with Crippen LogP contribution in [0, 0.1) is 0 Å². The summed E-state index contributed by atoms with van der Waals surface area (Å²) in [6.45, 7) is 0.193. The molecule has 2 heterocycles. The van der Waals surface area contributed by atoms with Crippen LogP contribution in [0.25, 0.3) is 0 Å². The Morgan fingerprint density at radius 1 is 0.750 bits per heavy atom. The Morgan fingerprint density at radius 2 is 1.25 bits per heavy atom. The zero-order valence-electron chi connectivity index (χ0n) is 12.6. The summed E-state index contributed by atoms with van der Waals surface area (Å²) in [5.74, 6) is -0.763. The van der Waals surface area contributed by atoms with E-state index in [0.29, 0.717) is 0 Å². The van der Waals surface area contributed by atoms with E-state index in [1.165, 1.54) is 24.7 Å². The van der Waals surface area contributed by atoms with Crippen LogP contribution in [0.1, 0.15) is 32.2 Å². The molecule has 2 aromatic heterocycles. The fraction of sp³-hybridized carbons (Fsp3) is 0.111. The van der Waals surface area contributed by atoms with Crippen molar-refractivity contribution in [1.29, 1.82) is 0 Å². The van der Waals surface area contributed by atoms with Crippen LogP contribution in [0.5, 0.6) is 0 Å². The molecule has 0 amide bonds. The number of benzene rings is 1. The van der Waals surface area contributed by atoms with E-state index in [4.69, 9.17) is 18.3 Å².